The molecule has 3 N–H and O–H groups in total. The fourth-order valence-electron chi connectivity index (χ4n) is 0.829. The lowest BCUT2D eigenvalue weighted by atomic mass is 10.5. The molecule has 1 unspecified atom stereocenters. The van der Waals surface area contributed by atoms with Gasteiger partial charge in [-0.2, -0.15) is 10.2 Å². The Morgan fingerprint density at radius 3 is 2.67 bits per heavy atom. The first kappa shape index (κ1) is 6.47. The Balaban J connectivity index is 2.61. The van der Waals surface area contributed by atoms with Gasteiger partial charge in [0.05, 0.1) is 6.54 Å². The zero-order valence-electron chi connectivity index (χ0n) is 4.96. The topological polar surface area (TPSA) is 78.2 Å². The first-order valence-corrected chi connectivity index (χ1v) is 2.79. The molecule has 0 aromatic heterocycles. The molecule has 1 rings (SSSR count). The minimum absolute atomic E-state index is 0.259. The minimum atomic E-state index is -1.06. The van der Waals surface area contributed by atoms with Crippen LogP contribution in [0.4, 0.5) is 4.79 Å². The van der Waals surface area contributed by atoms with Crippen molar-refractivity contribution in [1.82, 2.24) is 5.43 Å². The Morgan fingerprint density at radius 1 is 1.78 bits per heavy atom. The van der Waals surface area contributed by atoms with Crippen LogP contribution in [-0.2, 0) is 0 Å². The van der Waals surface area contributed by atoms with Gasteiger partial charge in [0.15, 0.2) is 0 Å². The van der Waals surface area contributed by atoms with E-state index in [-0.39, 0.29) is 6.54 Å². The standard InChI is InChI=1S/C4H9N3O2/c5-4(8)7(9)3-1-2-6-7/h6H,1-3H2,(H2,5,8). The van der Waals surface area contributed by atoms with E-state index in [2.05, 4.69) is 5.43 Å². The number of hydrogen-bond acceptors (Lipinski definition) is 3. The zero-order chi connectivity index (χ0) is 6.91. The summed E-state index contributed by atoms with van der Waals surface area (Å²) in [7, 11) is 0. The van der Waals surface area contributed by atoms with Crippen LogP contribution in [0.15, 0.2) is 0 Å². The number of carbonyl (C=O) groups excluding carboxylic acids is 1. The van der Waals surface area contributed by atoms with Crippen molar-refractivity contribution in [3.8, 4) is 0 Å². The number of amides is 2. The van der Waals surface area contributed by atoms with Crippen molar-refractivity contribution in [3.63, 3.8) is 0 Å². The molecule has 1 aliphatic rings. The maximum atomic E-state index is 11.0. The van der Waals surface area contributed by atoms with E-state index in [1.807, 2.05) is 0 Å². The number of nitrogens with two attached hydrogens (primary N) is 1. The van der Waals surface area contributed by atoms with Crippen LogP contribution >= 0.6 is 0 Å². The molecule has 9 heavy (non-hydrogen) atoms. The Kier molecular flexibility index (Phi) is 1.40. The highest BCUT2D eigenvalue weighted by atomic mass is 16.6. The highest BCUT2D eigenvalue weighted by Gasteiger charge is 2.28. The van der Waals surface area contributed by atoms with Gasteiger partial charge in [0.2, 0.25) is 0 Å². The Morgan fingerprint density at radius 2 is 2.44 bits per heavy atom. The van der Waals surface area contributed by atoms with Crippen LogP contribution < -0.4 is 11.2 Å². The number of quaternary nitrogens is 1. The molecule has 2 amide bonds. The highest BCUT2D eigenvalue weighted by Crippen LogP contribution is 2.06. The van der Waals surface area contributed by atoms with Crippen molar-refractivity contribution >= 4 is 6.03 Å². The molecule has 0 saturated carbocycles. The van der Waals surface area contributed by atoms with Crippen molar-refractivity contribution in [1.29, 1.82) is 0 Å². The molecule has 1 heterocycles. The Hall–Kier alpha value is -0.650. The van der Waals surface area contributed by atoms with Crippen LogP contribution in [0.3, 0.4) is 0 Å². The van der Waals surface area contributed by atoms with Gasteiger partial charge >= 0.3 is 6.03 Å². The Bertz CT molecular complexity index is 130. The first-order chi connectivity index (χ1) is 4.15. The molecular weight excluding hydrogens is 122 g/mol. The number of nitrogens with zero attached hydrogens (tertiary/aromatic N) is 1. The van der Waals surface area contributed by atoms with Crippen LogP contribution in [0.5, 0.6) is 0 Å². The predicted molar refractivity (Wildman–Crippen MR) is 30.7 cm³/mol. The van der Waals surface area contributed by atoms with Gasteiger partial charge in [0, 0.05) is 6.42 Å². The van der Waals surface area contributed by atoms with Gasteiger partial charge in [-0.05, 0) is 0 Å². The zero-order valence-corrected chi connectivity index (χ0v) is 4.96. The smallest absolute Gasteiger partial charge is 0.433 e. The van der Waals surface area contributed by atoms with Gasteiger partial charge in [-0.25, -0.2) is 4.79 Å². The quantitative estimate of drug-likeness (QED) is 0.336. The Labute approximate surface area is 52.6 Å². The molecule has 0 spiro atoms. The number of hydroxylamine groups is 2. The second kappa shape index (κ2) is 1.94. The highest BCUT2D eigenvalue weighted by molar-refractivity contribution is 5.64. The average Bonchev–Trinajstić information content (AvgIpc) is 2.16. The van der Waals surface area contributed by atoms with Crippen molar-refractivity contribution in [2.75, 3.05) is 13.1 Å². The summed E-state index contributed by atoms with van der Waals surface area (Å²) in [4.78, 5) is 10.3. The molecule has 0 aromatic carbocycles. The van der Waals surface area contributed by atoms with E-state index in [9.17, 15) is 10.0 Å². The number of rotatable bonds is 0. The normalized spacial score (nSPS) is 34.8. The van der Waals surface area contributed by atoms with Gasteiger partial charge in [0.1, 0.15) is 6.54 Å². The van der Waals surface area contributed by atoms with Crippen molar-refractivity contribution in [2.45, 2.75) is 6.42 Å². The number of hydrogen-bond donors (Lipinski definition) is 2. The molecule has 1 aliphatic heterocycles. The van der Waals surface area contributed by atoms with Crippen LogP contribution in [0.25, 0.3) is 0 Å². The summed E-state index contributed by atoms with van der Waals surface area (Å²) in [6.07, 6.45) is 0.715. The van der Waals surface area contributed by atoms with Gasteiger partial charge in [0.25, 0.3) is 0 Å². The number of carbonyl (C=O) groups is 1. The van der Waals surface area contributed by atoms with E-state index in [1.54, 1.807) is 0 Å². The lowest BCUT2D eigenvalue weighted by Gasteiger charge is -2.30. The van der Waals surface area contributed by atoms with E-state index < -0.39 is 10.8 Å². The molecule has 5 nitrogen and oxygen atoms in total. The van der Waals surface area contributed by atoms with E-state index in [0.29, 0.717) is 13.0 Å². The first-order valence-electron chi connectivity index (χ1n) is 2.79. The van der Waals surface area contributed by atoms with Gasteiger partial charge < -0.3 is 10.9 Å². The van der Waals surface area contributed by atoms with Crippen LogP contribution in [0.1, 0.15) is 6.42 Å². The molecule has 0 radical (unpaired) electrons. The third-order valence-corrected chi connectivity index (χ3v) is 1.37. The lowest BCUT2D eigenvalue weighted by molar-refractivity contribution is -0.830. The summed E-state index contributed by atoms with van der Waals surface area (Å²) < 4.78 is -1.06. The summed E-state index contributed by atoms with van der Waals surface area (Å²) in [5.41, 5.74) is 7.23. The molecule has 5 heteroatoms. The predicted octanol–water partition coefficient (Wildman–Crippen LogP) is -0.712. The fourth-order valence-corrected chi connectivity index (χ4v) is 0.829. The SMILES string of the molecule is NC(=O)[N+]1([O-])CCCN1. The third kappa shape index (κ3) is 1.02. The van der Waals surface area contributed by atoms with Crippen LogP contribution in [0.2, 0.25) is 0 Å². The summed E-state index contributed by atoms with van der Waals surface area (Å²) >= 11 is 0. The van der Waals surface area contributed by atoms with Gasteiger partial charge in [-0.1, -0.05) is 0 Å². The molecule has 0 bridgehead atoms. The maximum Gasteiger partial charge on any atom is 0.433 e. The minimum Gasteiger partial charge on any atom is -0.603 e. The summed E-state index contributed by atoms with van der Waals surface area (Å²) in [5, 5.41) is 11.0. The molecule has 0 aliphatic carbocycles. The monoisotopic (exact) mass is 131 g/mol. The number of nitrogens with one attached hydrogen (secondary N) is 1. The van der Waals surface area contributed by atoms with Gasteiger partial charge in [-0.3, -0.25) is 0 Å². The molecule has 1 fully saturated rings. The lowest BCUT2D eigenvalue weighted by Crippen LogP contribution is -2.55. The number of primary amides is 1. The number of urea groups is 1. The van der Waals surface area contributed by atoms with Crippen molar-refractivity contribution < 1.29 is 9.55 Å². The van der Waals surface area contributed by atoms with Crippen molar-refractivity contribution in [3.05, 3.63) is 5.21 Å². The second-order valence-electron chi connectivity index (χ2n) is 2.06. The fraction of sp³-hybridized carbons (Fsp3) is 0.750. The summed E-state index contributed by atoms with van der Waals surface area (Å²) in [6, 6.07) is -0.854. The molecule has 1 saturated heterocycles. The van der Waals surface area contributed by atoms with E-state index >= 15 is 0 Å². The molecular formula is C4H9N3O2. The van der Waals surface area contributed by atoms with E-state index in [4.69, 9.17) is 5.73 Å². The van der Waals surface area contributed by atoms with E-state index in [0.717, 1.165) is 0 Å². The summed E-state index contributed by atoms with van der Waals surface area (Å²) in [5.74, 6) is 0. The molecule has 1 atom stereocenters. The summed E-state index contributed by atoms with van der Waals surface area (Å²) in [6.45, 7) is 0.835. The third-order valence-electron chi connectivity index (χ3n) is 1.37. The van der Waals surface area contributed by atoms with Crippen LogP contribution in [-0.4, -0.2) is 23.9 Å². The molecule has 0 aromatic rings. The second-order valence-corrected chi connectivity index (χ2v) is 2.06. The van der Waals surface area contributed by atoms with Gasteiger partial charge in [-0.15, -0.1) is 0 Å². The van der Waals surface area contributed by atoms with Crippen LogP contribution in [0, 0.1) is 5.21 Å². The maximum absolute atomic E-state index is 11.0. The average molecular weight is 131 g/mol. The largest absolute Gasteiger partial charge is 0.603 e. The molecule has 52 valence electrons. The van der Waals surface area contributed by atoms with E-state index in [1.165, 1.54) is 0 Å². The van der Waals surface area contributed by atoms with Crippen molar-refractivity contribution in [2.24, 2.45) is 5.73 Å².